The van der Waals surface area contributed by atoms with Crippen LogP contribution in [0.2, 0.25) is 0 Å². The van der Waals surface area contributed by atoms with Crippen LogP contribution < -0.4 is 4.90 Å². The van der Waals surface area contributed by atoms with E-state index in [0.717, 1.165) is 50.5 Å². The minimum absolute atomic E-state index is 0.466. The third-order valence-corrected chi connectivity index (χ3v) is 19.4. The average molecular weight is 1160 g/mol. The summed E-state index contributed by atoms with van der Waals surface area (Å²) in [5.74, 6) is 0. The fraction of sp³-hybridized carbons (Fsp3) is 0.0112. The third kappa shape index (κ3) is 8.41. The Morgan fingerprint density at radius 3 is 1.32 bits per heavy atom. The van der Waals surface area contributed by atoms with Crippen molar-refractivity contribution in [2.75, 3.05) is 4.90 Å². The third-order valence-electron chi connectivity index (χ3n) is 19.4. The van der Waals surface area contributed by atoms with Gasteiger partial charge in [0.15, 0.2) is 0 Å². The maximum atomic E-state index is 2.50. The predicted molar refractivity (Wildman–Crippen MR) is 382 cm³/mol. The number of rotatable bonds is 10. The van der Waals surface area contributed by atoms with Crippen molar-refractivity contribution in [3.63, 3.8) is 0 Å². The van der Waals surface area contributed by atoms with Crippen molar-refractivity contribution in [1.82, 2.24) is 4.57 Å². The second-order valence-electron chi connectivity index (χ2n) is 24.3. The summed E-state index contributed by atoms with van der Waals surface area (Å²) in [4.78, 5) is 2.48. The van der Waals surface area contributed by atoms with Crippen LogP contribution in [0, 0.1) is 0 Å². The number of fused-ring (bicyclic) bond motifs is 14. The molecule has 1 heterocycles. The smallest absolute Gasteiger partial charge is 0.0726 e. The van der Waals surface area contributed by atoms with E-state index in [1.165, 1.54) is 116 Å². The molecule has 1 spiro atoms. The lowest BCUT2D eigenvalue weighted by Crippen LogP contribution is -2.26. The van der Waals surface area contributed by atoms with Crippen molar-refractivity contribution in [2.45, 2.75) is 5.41 Å². The van der Waals surface area contributed by atoms with Gasteiger partial charge in [0.1, 0.15) is 0 Å². The van der Waals surface area contributed by atoms with Gasteiger partial charge in [-0.1, -0.05) is 279 Å². The molecule has 0 atom stereocenters. The first kappa shape index (κ1) is 52.3. The molecule has 2 aliphatic rings. The number of para-hydroxylation sites is 1. The second-order valence-corrected chi connectivity index (χ2v) is 24.3. The molecular formula is C89H58N2. The van der Waals surface area contributed by atoms with Crippen LogP contribution in [0.4, 0.5) is 17.1 Å². The highest BCUT2D eigenvalue weighted by molar-refractivity contribution is 6.11. The van der Waals surface area contributed by atoms with Gasteiger partial charge in [-0.15, -0.1) is 0 Å². The Labute approximate surface area is 530 Å². The summed E-state index contributed by atoms with van der Waals surface area (Å²) in [7, 11) is 0. The maximum absolute atomic E-state index is 2.50. The lowest BCUT2D eigenvalue weighted by molar-refractivity contribution is 0.793. The Bertz CT molecular complexity index is 5450. The summed E-state index contributed by atoms with van der Waals surface area (Å²) < 4.78 is 2.47. The molecule has 0 N–H and O–H groups in total. The number of nitrogens with zero attached hydrogens (tertiary/aromatic N) is 2. The molecule has 424 valence electrons. The molecule has 16 aromatic rings. The molecule has 0 fully saturated rings. The van der Waals surface area contributed by atoms with Gasteiger partial charge in [0, 0.05) is 33.2 Å². The van der Waals surface area contributed by atoms with E-state index in [-0.39, 0.29) is 0 Å². The molecule has 0 bridgehead atoms. The lowest BCUT2D eigenvalue weighted by atomic mass is 9.70. The number of anilines is 3. The van der Waals surface area contributed by atoms with E-state index in [9.17, 15) is 0 Å². The predicted octanol–water partition coefficient (Wildman–Crippen LogP) is 23.8. The number of aromatic nitrogens is 1. The Morgan fingerprint density at radius 2 is 0.648 bits per heavy atom. The minimum atomic E-state index is -0.466. The SMILES string of the molecule is c1ccc(-c2ccc(-c3cc(-c4cccc(-c5ccccc5)c4)cc(-n4c5ccccc5c5cc(-c6ccccc6-c6ccc(N(c7ccc8c(c7)C7(c9ccccc9-c9ccccc97)c7ccccc7-8)c7cccc8ccccc78)cc6)ccc54)c3)cc2)cc1. The van der Waals surface area contributed by atoms with Crippen molar-refractivity contribution in [3.05, 3.63) is 374 Å². The van der Waals surface area contributed by atoms with E-state index in [0.29, 0.717) is 0 Å². The van der Waals surface area contributed by atoms with Gasteiger partial charge >= 0.3 is 0 Å². The first-order valence-electron chi connectivity index (χ1n) is 31.5. The molecule has 0 amide bonds. The highest BCUT2D eigenvalue weighted by Crippen LogP contribution is 2.63. The monoisotopic (exact) mass is 1150 g/mol. The summed E-state index contributed by atoms with van der Waals surface area (Å²) >= 11 is 0. The van der Waals surface area contributed by atoms with Crippen LogP contribution in [-0.2, 0) is 5.41 Å². The van der Waals surface area contributed by atoms with E-state index in [4.69, 9.17) is 0 Å². The number of benzene rings is 15. The average Bonchev–Trinajstić information content (AvgIpc) is 1.51. The lowest BCUT2D eigenvalue weighted by Gasteiger charge is -2.32. The van der Waals surface area contributed by atoms with E-state index < -0.39 is 5.41 Å². The van der Waals surface area contributed by atoms with Crippen LogP contribution in [0.3, 0.4) is 0 Å². The molecule has 18 rings (SSSR count). The molecule has 2 nitrogen and oxygen atoms in total. The van der Waals surface area contributed by atoms with Crippen molar-refractivity contribution >= 4 is 49.6 Å². The van der Waals surface area contributed by atoms with Crippen molar-refractivity contribution in [3.8, 4) is 94.7 Å². The molecule has 0 saturated carbocycles. The summed E-state index contributed by atoms with van der Waals surface area (Å²) in [5.41, 5.74) is 31.0. The maximum Gasteiger partial charge on any atom is 0.0726 e. The molecular weight excluding hydrogens is 1100 g/mol. The Hall–Kier alpha value is -11.8. The molecule has 2 heteroatoms. The van der Waals surface area contributed by atoms with Crippen LogP contribution >= 0.6 is 0 Å². The summed E-state index contributed by atoms with van der Waals surface area (Å²) in [6.45, 7) is 0. The summed E-state index contributed by atoms with van der Waals surface area (Å²) in [6, 6.07) is 131. The zero-order valence-corrected chi connectivity index (χ0v) is 49.9. The number of hydrogen-bond donors (Lipinski definition) is 0. The topological polar surface area (TPSA) is 8.17 Å². The van der Waals surface area contributed by atoms with Gasteiger partial charge < -0.3 is 9.47 Å². The molecule has 1 aromatic heterocycles. The van der Waals surface area contributed by atoms with Crippen molar-refractivity contribution in [2.24, 2.45) is 0 Å². The second kappa shape index (κ2) is 21.2. The Kier molecular flexibility index (Phi) is 12.2. The van der Waals surface area contributed by atoms with Gasteiger partial charge in [-0.25, -0.2) is 0 Å². The molecule has 0 radical (unpaired) electrons. The van der Waals surface area contributed by atoms with Crippen LogP contribution in [-0.4, -0.2) is 4.57 Å². The molecule has 2 aliphatic carbocycles. The zero-order valence-electron chi connectivity index (χ0n) is 49.9. The van der Waals surface area contributed by atoms with E-state index in [1.54, 1.807) is 0 Å². The first-order valence-corrected chi connectivity index (χ1v) is 31.5. The van der Waals surface area contributed by atoms with Gasteiger partial charge in [0.05, 0.1) is 22.1 Å². The summed E-state index contributed by atoms with van der Waals surface area (Å²) in [5, 5.41) is 4.81. The van der Waals surface area contributed by atoms with E-state index in [1.807, 2.05) is 0 Å². The highest BCUT2D eigenvalue weighted by Gasteiger charge is 2.51. The van der Waals surface area contributed by atoms with Gasteiger partial charge in [-0.05, 0) is 189 Å². The summed E-state index contributed by atoms with van der Waals surface area (Å²) in [6.07, 6.45) is 0. The van der Waals surface area contributed by atoms with Gasteiger partial charge in [0.2, 0.25) is 0 Å². The molecule has 15 aromatic carbocycles. The van der Waals surface area contributed by atoms with Crippen LogP contribution in [0.25, 0.3) is 127 Å². The quantitative estimate of drug-likeness (QED) is 0.132. The van der Waals surface area contributed by atoms with Gasteiger partial charge in [-0.3, -0.25) is 0 Å². The number of hydrogen-bond acceptors (Lipinski definition) is 1. The van der Waals surface area contributed by atoms with E-state index in [2.05, 4.69) is 361 Å². The first-order chi connectivity index (χ1) is 45.1. The standard InChI is InChI=1S/C89H58N2/c1-3-21-59(22-4-1)61-41-43-62(44-42-61)68-54-69(66-28-19-27-65(53-66)60-23-5-2-6-24-60)56-72(55-68)91-87-39-18-14-35-80(87)81-57-67(47-52-88(81)91)74-30-10-9-29-73(74)64-45-48-70(49-46-64)90(86-40-20-26-63-25-7-8-31-75(63)86)71-50-51-79-78-34-13-17-38-84(78)89(85(79)58-71)82-36-15-11-32-76(82)77-33-12-16-37-83(77)89/h1-58H. The van der Waals surface area contributed by atoms with Crippen molar-refractivity contribution < 1.29 is 0 Å². The van der Waals surface area contributed by atoms with Crippen LogP contribution in [0.1, 0.15) is 22.3 Å². The minimum Gasteiger partial charge on any atom is -0.310 e. The molecule has 0 saturated heterocycles. The van der Waals surface area contributed by atoms with E-state index >= 15 is 0 Å². The largest absolute Gasteiger partial charge is 0.310 e. The Balaban J connectivity index is 0.751. The normalized spacial score (nSPS) is 12.5. The Morgan fingerprint density at radius 1 is 0.220 bits per heavy atom. The van der Waals surface area contributed by atoms with Crippen LogP contribution in [0.15, 0.2) is 352 Å². The van der Waals surface area contributed by atoms with Gasteiger partial charge in [-0.2, -0.15) is 0 Å². The fourth-order valence-electron chi connectivity index (χ4n) is 15.3. The molecule has 0 aliphatic heterocycles. The highest BCUT2D eigenvalue weighted by atomic mass is 15.1. The fourth-order valence-corrected chi connectivity index (χ4v) is 15.3. The zero-order chi connectivity index (χ0) is 60.0. The van der Waals surface area contributed by atoms with Crippen LogP contribution in [0.5, 0.6) is 0 Å². The molecule has 91 heavy (non-hydrogen) atoms. The van der Waals surface area contributed by atoms with Crippen molar-refractivity contribution in [1.29, 1.82) is 0 Å². The molecule has 0 unspecified atom stereocenters. The van der Waals surface area contributed by atoms with Gasteiger partial charge in [0.25, 0.3) is 0 Å².